The SMILES string of the molecule is COC(=O)C(F)=CCCC(=O)O.COCCCC=C(F)C(=O)OC.OC1CCCO1. The molecule has 0 bridgehead atoms. The fraction of sp³-hybridized carbons (Fsp3) is 0.632. The van der Waals surface area contributed by atoms with Crippen LogP contribution in [0, 0.1) is 0 Å². The second-order valence-corrected chi connectivity index (χ2v) is 5.62. The summed E-state index contributed by atoms with van der Waals surface area (Å²) in [6.07, 6.45) is 4.42. The molecule has 0 aromatic rings. The summed E-state index contributed by atoms with van der Waals surface area (Å²) in [4.78, 5) is 30.8. The molecule has 1 unspecified atom stereocenters. The Bertz CT molecular complexity index is 556. The molecule has 0 radical (unpaired) electrons. The number of aliphatic hydroxyl groups excluding tert-OH is 1. The molecule has 0 aromatic carbocycles. The molecule has 1 fully saturated rings. The van der Waals surface area contributed by atoms with Crippen molar-refractivity contribution < 1.29 is 52.3 Å². The highest BCUT2D eigenvalue weighted by Crippen LogP contribution is 2.07. The zero-order chi connectivity index (χ0) is 23.4. The molecule has 1 atom stereocenters. The number of allylic oxidation sites excluding steroid dienone is 2. The van der Waals surface area contributed by atoms with E-state index in [-0.39, 0.29) is 12.8 Å². The van der Waals surface area contributed by atoms with E-state index in [1.165, 1.54) is 6.08 Å². The highest BCUT2D eigenvalue weighted by molar-refractivity contribution is 5.86. The first kappa shape index (κ1) is 29.8. The zero-order valence-corrected chi connectivity index (χ0v) is 17.4. The van der Waals surface area contributed by atoms with Crippen LogP contribution in [0.3, 0.4) is 0 Å². The number of carbonyl (C=O) groups excluding carboxylic acids is 2. The van der Waals surface area contributed by atoms with Crippen molar-refractivity contribution in [1.82, 2.24) is 0 Å². The van der Waals surface area contributed by atoms with E-state index in [9.17, 15) is 23.2 Å². The van der Waals surface area contributed by atoms with Crippen molar-refractivity contribution in [3.05, 3.63) is 23.8 Å². The minimum Gasteiger partial charge on any atom is -0.481 e. The van der Waals surface area contributed by atoms with Crippen LogP contribution in [0.1, 0.15) is 38.5 Å². The number of carbonyl (C=O) groups is 3. The van der Waals surface area contributed by atoms with Gasteiger partial charge in [0.25, 0.3) is 0 Å². The number of halogens is 2. The zero-order valence-electron chi connectivity index (χ0n) is 17.4. The van der Waals surface area contributed by atoms with Crippen molar-refractivity contribution in [1.29, 1.82) is 0 Å². The van der Waals surface area contributed by atoms with Crippen molar-refractivity contribution in [3.8, 4) is 0 Å². The molecule has 9 nitrogen and oxygen atoms in total. The second-order valence-electron chi connectivity index (χ2n) is 5.62. The minimum atomic E-state index is -1.08. The monoisotopic (exact) mass is 440 g/mol. The van der Waals surface area contributed by atoms with Gasteiger partial charge in [-0.2, -0.15) is 8.78 Å². The molecule has 1 heterocycles. The lowest BCUT2D eigenvalue weighted by atomic mass is 10.3. The van der Waals surface area contributed by atoms with Crippen molar-refractivity contribution in [3.63, 3.8) is 0 Å². The summed E-state index contributed by atoms with van der Waals surface area (Å²) in [5.41, 5.74) is 0. The van der Waals surface area contributed by atoms with E-state index in [0.717, 1.165) is 39.7 Å². The molecular formula is C19H30F2O9. The maximum atomic E-state index is 12.6. The van der Waals surface area contributed by atoms with Gasteiger partial charge in [0, 0.05) is 33.2 Å². The Morgan fingerprint density at radius 1 is 1.03 bits per heavy atom. The van der Waals surface area contributed by atoms with Gasteiger partial charge in [-0.15, -0.1) is 0 Å². The summed E-state index contributed by atoms with van der Waals surface area (Å²) < 4.78 is 42.7. The van der Waals surface area contributed by atoms with Crippen LogP contribution in [-0.4, -0.2) is 69.0 Å². The van der Waals surface area contributed by atoms with Crippen molar-refractivity contribution in [2.45, 2.75) is 44.8 Å². The second kappa shape index (κ2) is 19.9. The number of aliphatic hydroxyl groups is 1. The number of aliphatic carboxylic acids is 1. The van der Waals surface area contributed by atoms with Gasteiger partial charge in [0.2, 0.25) is 11.7 Å². The van der Waals surface area contributed by atoms with Crippen LogP contribution in [0.25, 0.3) is 0 Å². The third kappa shape index (κ3) is 19.0. The van der Waals surface area contributed by atoms with Gasteiger partial charge in [-0.1, -0.05) is 0 Å². The number of esters is 2. The topological polar surface area (TPSA) is 129 Å². The van der Waals surface area contributed by atoms with Crippen LogP contribution in [-0.2, 0) is 33.3 Å². The molecule has 11 heteroatoms. The van der Waals surface area contributed by atoms with Crippen LogP contribution in [0.5, 0.6) is 0 Å². The van der Waals surface area contributed by atoms with Crippen LogP contribution in [0.15, 0.2) is 23.8 Å². The summed E-state index contributed by atoms with van der Waals surface area (Å²) in [5.74, 6) is -4.94. The fourth-order valence-corrected chi connectivity index (χ4v) is 1.70. The summed E-state index contributed by atoms with van der Waals surface area (Å²) in [6.45, 7) is 1.30. The Kier molecular flexibility index (Phi) is 19.8. The lowest BCUT2D eigenvalue weighted by molar-refractivity contribution is -0.138. The van der Waals surface area contributed by atoms with Gasteiger partial charge >= 0.3 is 17.9 Å². The standard InChI is InChI=1S/C8H13FO3.C7H9FO4.C4H8O2/c1-11-6-4-3-5-7(9)8(10)12-2;1-12-7(11)5(8)3-2-4-6(9)10;5-4-2-1-3-6-4/h5H,3-4,6H2,1-2H3;3H,2,4H2,1H3,(H,9,10);4-5H,1-3H2. The molecule has 0 spiro atoms. The molecule has 0 aliphatic carbocycles. The summed E-state index contributed by atoms with van der Waals surface area (Å²) >= 11 is 0. The Labute approximate surface area is 174 Å². The van der Waals surface area contributed by atoms with Gasteiger partial charge in [0.05, 0.1) is 14.2 Å². The number of carboxylic acid groups (broad SMARTS) is 1. The first-order valence-electron chi connectivity index (χ1n) is 9.07. The predicted octanol–water partition coefficient (Wildman–Crippen LogP) is 2.43. The Balaban J connectivity index is 0. The molecule has 30 heavy (non-hydrogen) atoms. The van der Waals surface area contributed by atoms with Gasteiger partial charge in [-0.05, 0) is 37.8 Å². The molecule has 1 aliphatic rings. The van der Waals surface area contributed by atoms with E-state index < -0.39 is 35.9 Å². The summed E-state index contributed by atoms with van der Waals surface area (Å²) in [6, 6.07) is 0. The number of unbranched alkanes of at least 4 members (excludes halogenated alkanes) is 1. The van der Waals surface area contributed by atoms with Gasteiger partial charge < -0.3 is 29.2 Å². The van der Waals surface area contributed by atoms with E-state index in [1.54, 1.807) is 7.11 Å². The van der Waals surface area contributed by atoms with Gasteiger partial charge in [0.15, 0.2) is 6.29 Å². The fourth-order valence-electron chi connectivity index (χ4n) is 1.70. The van der Waals surface area contributed by atoms with Crippen LogP contribution in [0.2, 0.25) is 0 Å². The Morgan fingerprint density at radius 3 is 1.90 bits per heavy atom. The molecule has 2 N–H and O–H groups in total. The van der Waals surface area contributed by atoms with Crippen molar-refractivity contribution >= 4 is 17.9 Å². The van der Waals surface area contributed by atoms with Crippen molar-refractivity contribution in [2.75, 3.05) is 34.5 Å². The normalized spacial score (nSPS) is 15.9. The largest absolute Gasteiger partial charge is 0.481 e. The smallest absolute Gasteiger partial charge is 0.366 e. The van der Waals surface area contributed by atoms with Gasteiger partial charge in [-0.3, -0.25) is 4.79 Å². The summed E-state index contributed by atoms with van der Waals surface area (Å²) in [5, 5.41) is 16.7. The predicted molar refractivity (Wildman–Crippen MR) is 102 cm³/mol. The number of rotatable bonds is 9. The van der Waals surface area contributed by atoms with Crippen LogP contribution in [0.4, 0.5) is 8.78 Å². The highest BCUT2D eigenvalue weighted by atomic mass is 19.1. The minimum absolute atomic E-state index is 0.0176. The highest BCUT2D eigenvalue weighted by Gasteiger charge is 2.09. The van der Waals surface area contributed by atoms with E-state index in [0.29, 0.717) is 19.4 Å². The first-order valence-corrected chi connectivity index (χ1v) is 9.07. The lowest BCUT2D eigenvalue weighted by Crippen LogP contribution is -2.00. The maximum Gasteiger partial charge on any atom is 0.366 e. The third-order valence-corrected chi connectivity index (χ3v) is 3.22. The number of carboxylic acids is 1. The average molecular weight is 440 g/mol. The molecule has 0 aromatic heterocycles. The van der Waals surface area contributed by atoms with Crippen molar-refractivity contribution in [2.24, 2.45) is 0 Å². The number of methoxy groups -OCH3 is 3. The van der Waals surface area contributed by atoms with E-state index in [4.69, 9.17) is 19.7 Å². The van der Waals surface area contributed by atoms with E-state index in [1.807, 2.05) is 0 Å². The molecular weight excluding hydrogens is 410 g/mol. The van der Waals surface area contributed by atoms with Crippen LogP contribution >= 0.6 is 0 Å². The van der Waals surface area contributed by atoms with Gasteiger partial charge in [-0.25, -0.2) is 9.59 Å². The molecule has 0 saturated carbocycles. The number of hydrogen-bond donors (Lipinski definition) is 2. The quantitative estimate of drug-likeness (QED) is 0.315. The molecule has 1 saturated heterocycles. The van der Waals surface area contributed by atoms with Gasteiger partial charge in [0.1, 0.15) is 0 Å². The van der Waals surface area contributed by atoms with Crippen LogP contribution < -0.4 is 0 Å². The van der Waals surface area contributed by atoms with E-state index in [2.05, 4.69) is 9.47 Å². The number of ether oxygens (including phenoxy) is 4. The Morgan fingerprint density at radius 2 is 1.57 bits per heavy atom. The molecule has 1 aliphatic heterocycles. The number of hydrogen-bond acceptors (Lipinski definition) is 8. The van der Waals surface area contributed by atoms with E-state index >= 15 is 0 Å². The molecule has 0 amide bonds. The first-order chi connectivity index (χ1) is 14.2. The maximum absolute atomic E-state index is 12.6. The molecule has 174 valence electrons. The third-order valence-electron chi connectivity index (χ3n) is 3.22. The summed E-state index contributed by atoms with van der Waals surface area (Å²) in [7, 11) is 3.76. The Hall–Kier alpha value is -2.37. The average Bonchev–Trinajstić information content (AvgIpc) is 3.21. The lowest BCUT2D eigenvalue weighted by Gasteiger charge is -1.95. The molecule has 1 rings (SSSR count).